The van der Waals surface area contributed by atoms with Crippen molar-refractivity contribution >= 4 is 5.52 Å². The quantitative estimate of drug-likeness (QED) is 0.794. The van der Waals surface area contributed by atoms with Crippen LogP contribution in [0.4, 0.5) is 0 Å². The van der Waals surface area contributed by atoms with E-state index >= 15 is 0 Å². The monoisotopic (exact) mass is 231 g/mol. The molecule has 2 rings (SSSR count). The first-order valence-electron chi connectivity index (χ1n) is 6.35. The fourth-order valence-electron chi connectivity index (χ4n) is 2.18. The molecule has 0 aliphatic heterocycles. The van der Waals surface area contributed by atoms with E-state index in [2.05, 4.69) is 45.8 Å². The number of nitrogens with zero attached hydrogens (tertiary/aromatic N) is 3. The first-order valence-corrected chi connectivity index (χ1v) is 6.35. The third kappa shape index (κ3) is 1.94. The lowest BCUT2D eigenvalue weighted by molar-refractivity contribution is 0.575. The maximum absolute atomic E-state index is 4.79. The number of hydrogen-bond donors (Lipinski definition) is 0. The van der Waals surface area contributed by atoms with Crippen LogP contribution in [0.3, 0.4) is 0 Å². The Morgan fingerprint density at radius 1 is 1.18 bits per heavy atom. The van der Waals surface area contributed by atoms with Crippen LogP contribution >= 0.6 is 0 Å². The minimum absolute atomic E-state index is 0.0611. The molecule has 0 unspecified atom stereocenters. The van der Waals surface area contributed by atoms with Gasteiger partial charge in [0.15, 0.2) is 0 Å². The summed E-state index contributed by atoms with van der Waals surface area (Å²) in [4.78, 5) is 4.79. The van der Waals surface area contributed by atoms with Gasteiger partial charge < -0.3 is 0 Å². The van der Waals surface area contributed by atoms with Crippen LogP contribution in [-0.4, -0.2) is 14.6 Å². The van der Waals surface area contributed by atoms with Crippen LogP contribution in [0.5, 0.6) is 0 Å². The number of aromatic nitrogens is 3. The lowest BCUT2D eigenvalue weighted by atomic mass is 9.90. The van der Waals surface area contributed by atoms with E-state index < -0.39 is 0 Å². The van der Waals surface area contributed by atoms with Gasteiger partial charge in [0.2, 0.25) is 0 Å². The van der Waals surface area contributed by atoms with Gasteiger partial charge in [0.05, 0.1) is 11.2 Å². The van der Waals surface area contributed by atoms with Crippen molar-refractivity contribution in [1.29, 1.82) is 0 Å². The van der Waals surface area contributed by atoms with E-state index in [-0.39, 0.29) is 5.41 Å². The van der Waals surface area contributed by atoms with Crippen LogP contribution < -0.4 is 0 Å². The Morgan fingerprint density at radius 3 is 2.41 bits per heavy atom. The molecule has 0 saturated heterocycles. The SMILES string of the molecule is CCc1ccnn2c(CC)nc(C(C)(C)C)c12. The zero-order valence-electron chi connectivity index (χ0n) is 11.4. The summed E-state index contributed by atoms with van der Waals surface area (Å²) in [5, 5.41) is 4.45. The smallest absolute Gasteiger partial charge is 0.130 e. The summed E-state index contributed by atoms with van der Waals surface area (Å²) in [6.45, 7) is 10.9. The summed E-state index contributed by atoms with van der Waals surface area (Å²) in [6.07, 6.45) is 3.81. The summed E-state index contributed by atoms with van der Waals surface area (Å²) < 4.78 is 2.01. The third-order valence-electron chi connectivity index (χ3n) is 3.09. The Hall–Kier alpha value is -1.38. The highest BCUT2D eigenvalue weighted by Crippen LogP contribution is 2.28. The Labute approximate surface area is 103 Å². The molecule has 0 amide bonds. The molecule has 0 aliphatic carbocycles. The first kappa shape index (κ1) is 12.1. The molecule has 0 spiro atoms. The van der Waals surface area contributed by atoms with Crippen molar-refractivity contribution < 1.29 is 0 Å². The molecular formula is C14H21N3. The van der Waals surface area contributed by atoms with Gasteiger partial charge in [0, 0.05) is 18.0 Å². The van der Waals surface area contributed by atoms with E-state index in [4.69, 9.17) is 4.98 Å². The van der Waals surface area contributed by atoms with E-state index in [1.54, 1.807) is 0 Å². The number of fused-ring (bicyclic) bond motifs is 1. The zero-order chi connectivity index (χ0) is 12.6. The van der Waals surface area contributed by atoms with Crippen LogP contribution in [0.25, 0.3) is 5.52 Å². The number of imidazole rings is 1. The van der Waals surface area contributed by atoms with Crippen molar-refractivity contribution in [2.45, 2.75) is 52.9 Å². The minimum Gasteiger partial charge on any atom is -0.235 e. The van der Waals surface area contributed by atoms with Gasteiger partial charge in [-0.05, 0) is 18.1 Å². The Kier molecular flexibility index (Phi) is 2.94. The Morgan fingerprint density at radius 2 is 1.88 bits per heavy atom. The van der Waals surface area contributed by atoms with E-state index in [0.717, 1.165) is 18.7 Å². The lowest BCUT2D eigenvalue weighted by Crippen LogP contribution is -2.13. The van der Waals surface area contributed by atoms with Crippen molar-refractivity contribution in [3.05, 3.63) is 29.3 Å². The molecule has 0 saturated carbocycles. The maximum Gasteiger partial charge on any atom is 0.130 e. The van der Waals surface area contributed by atoms with E-state index in [1.165, 1.54) is 16.8 Å². The summed E-state index contributed by atoms with van der Waals surface area (Å²) in [5.74, 6) is 1.06. The maximum atomic E-state index is 4.79. The Bertz CT molecular complexity index is 532. The second-order valence-corrected chi connectivity index (χ2v) is 5.45. The molecule has 0 radical (unpaired) electrons. The molecule has 17 heavy (non-hydrogen) atoms. The van der Waals surface area contributed by atoms with Gasteiger partial charge in [-0.3, -0.25) is 0 Å². The van der Waals surface area contributed by atoms with Crippen LogP contribution in [0.15, 0.2) is 12.3 Å². The third-order valence-corrected chi connectivity index (χ3v) is 3.09. The van der Waals surface area contributed by atoms with E-state index in [0.29, 0.717) is 0 Å². The van der Waals surface area contributed by atoms with Crippen molar-refractivity contribution in [2.24, 2.45) is 0 Å². The molecule has 3 heteroatoms. The summed E-state index contributed by atoms with van der Waals surface area (Å²) in [6, 6.07) is 2.10. The van der Waals surface area contributed by atoms with Crippen LogP contribution in [0.1, 0.15) is 51.7 Å². The molecule has 2 aromatic rings. The van der Waals surface area contributed by atoms with E-state index in [9.17, 15) is 0 Å². The van der Waals surface area contributed by atoms with Crippen molar-refractivity contribution in [1.82, 2.24) is 14.6 Å². The second kappa shape index (κ2) is 4.13. The molecule has 0 bridgehead atoms. The zero-order valence-corrected chi connectivity index (χ0v) is 11.4. The molecule has 3 nitrogen and oxygen atoms in total. The van der Waals surface area contributed by atoms with Crippen LogP contribution in [0.2, 0.25) is 0 Å². The van der Waals surface area contributed by atoms with Gasteiger partial charge in [-0.2, -0.15) is 5.10 Å². The van der Waals surface area contributed by atoms with Gasteiger partial charge in [0.25, 0.3) is 0 Å². The van der Waals surface area contributed by atoms with Crippen molar-refractivity contribution in [2.75, 3.05) is 0 Å². The lowest BCUT2D eigenvalue weighted by Gasteiger charge is -2.16. The molecule has 0 N–H and O–H groups in total. The van der Waals surface area contributed by atoms with Gasteiger partial charge in [-0.1, -0.05) is 34.6 Å². The van der Waals surface area contributed by atoms with Gasteiger partial charge in [-0.15, -0.1) is 0 Å². The molecule has 0 aromatic carbocycles. The molecular weight excluding hydrogens is 210 g/mol. The molecule has 2 heterocycles. The first-order chi connectivity index (χ1) is 7.99. The molecule has 92 valence electrons. The predicted molar refractivity (Wildman–Crippen MR) is 70.4 cm³/mol. The minimum atomic E-state index is 0.0611. The van der Waals surface area contributed by atoms with E-state index in [1.807, 2.05) is 10.7 Å². The fourth-order valence-corrected chi connectivity index (χ4v) is 2.18. The molecule has 0 aliphatic rings. The Balaban J connectivity index is 2.84. The summed E-state index contributed by atoms with van der Waals surface area (Å²) in [5.41, 5.74) is 3.77. The number of aryl methyl sites for hydroxylation is 2. The van der Waals surface area contributed by atoms with Gasteiger partial charge in [-0.25, -0.2) is 9.50 Å². The van der Waals surface area contributed by atoms with Crippen molar-refractivity contribution in [3.8, 4) is 0 Å². The van der Waals surface area contributed by atoms with Crippen molar-refractivity contribution in [3.63, 3.8) is 0 Å². The average Bonchev–Trinajstić information content (AvgIpc) is 2.67. The van der Waals surface area contributed by atoms with Gasteiger partial charge in [0.1, 0.15) is 5.82 Å². The largest absolute Gasteiger partial charge is 0.235 e. The molecule has 2 aromatic heterocycles. The predicted octanol–water partition coefficient (Wildman–Crippen LogP) is 3.15. The summed E-state index contributed by atoms with van der Waals surface area (Å²) >= 11 is 0. The number of hydrogen-bond acceptors (Lipinski definition) is 2. The highest BCUT2D eigenvalue weighted by molar-refractivity contribution is 5.61. The highest BCUT2D eigenvalue weighted by Gasteiger charge is 2.24. The van der Waals surface area contributed by atoms with Gasteiger partial charge >= 0.3 is 0 Å². The fraction of sp³-hybridized carbons (Fsp3) is 0.571. The van der Waals surface area contributed by atoms with Crippen LogP contribution in [-0.2, 0) is 18.3 Å². The molecule has 0 atom stereocenters. The average molecular weight is 231 g/mol. The standard InChI is InChI=1S/C14H21N3/c1-6-10-8-9-15-17-11(7-2)16-13(12(10)17)14(3,4)5/h8-9H,6-7H2,1-5H3. The number of rotatable bonds is 2. The summed E-state index contributed by atoms with van der Waals surface area (Å²) in [7, 11) is 0. The topological polar surface area (TPSA) is 30.2 Å². The second-order valence-electron chi connectivity index (χ2n) is 5.45. The van der Waals surface area contributed by atoms with Crippen LogP contribution in [0, 0.1) is 0 Å². The normalized spacial score (nSPS) is 12.3. The highest BCUT2D eigenvalue weighted by atomic mass is 15.3. The molecule has 0 fully saturated rings.